The van der Waals surface area contributed by atoms with E-state index in [4.69, 9.17) is 15.7 Å². The molecule has 21 heavy (non-hydrogen) atoms. The second-order valence-corrected chi connectivity index (χ2v) is 4.39. The first-order valence-corrected chi connectivity index (χ1v) is 6.41. The number of rotatable bonds is 6. The molecule has 1 amide bonds. The molecule has 2 rings (SSSR count). The zero-order valence-corrected chi connectivity index (χ0v) is 11.4. The fraction of sp³-hybridized carbons (Fsp3) is 0.125. The maximum Gasteiger partial charge on any atom is 0.248 e. The topological polar surface area (TPSA) is 88.1 Å². The summed E-state index contributed by atoms with van der Waals surface area (Å²) < 4.78 is 5.18. The first kappa shape index (κ1) is 14.4. The smallest absolute Gasteiger partial charge is 0.248 e. The molecule has 0 aliphatic heterocycles. The fourth-order valence-corrected chi connectivity index (χ4v) is 1.78. The van der Waals surface area contributed by atoms with Crippen molar-refractivity contribution in [1.29, 1.82) is 5.26 Å². The molecule has 0 saturated carbocycles. The van der Waals surface area contributed by atoms with Gasteiger partial charge in [-0.15, -0.1) is 0 Å². The lowest BCUT2D eigenvalue weighted by molar-refractivity contribution is 0.100. The van der Waals surface area contributed by atoms with E-state index in [1.807, 2.05) is 42.5 Å². The monoisotopic (exact) mass is 281 g/mol. The van der Waals surface area contributed by atoms with Crippen molar-refractivity contribution in [2.45, 2.75) is 6.54 Å². The average Bonchev–Trinajstić information content (AvgIpc) is 2.52. The van der Waals surface area contributed by atoms with Crippen molar-refractivity contribution in [2.24, 2.45) is 5.73 Å². The van der Waals surface area contributed by atoms with E-state index in [-0.39, 0.29) is 6.61 Å². The molecule has 0 aliphatic carbocycles. The number of carbonyl (C=O) groups excluding carboxylic acids is 1. The Labute approximate surface area is 123 Å². The number of carbonyl (C=O) groups is 1. The van der Waals surface area contributed by atoms with Crippen molar-refractivity contribution in [3.63, 3.8) is 0 Å². The quantitative estimate of drug-likeness (QED) is 0.850. The van der Waals surface area contributed by atoms with Crippen LogP contribution < -0.4 is 15.8 Å². The lowest BCUT2D eigenvalue weighted by Crippen LogP contribution is -2.10. The Bertz CT molecular complexity index is 643. The van der Waals surface area contributed by atoms with Crippen LogP contribution in [0.3, 0.4) is 0 Å². The second-order valence-electron chi connectivity index (χ2n) is 4.39. The van der Waals surface area contributed by atoms with E-state index in [9.17, 15) is 4.79 Å². The summed E-state index contributed by atoms with van der Waals surface area (Å²) in [6.07, 6.45) is 0. The molecule has 106 valence electrons. The summed E-state index contributed by atoms with van der Waals surface area (Å²) in [6, 6.07) is 16.4. The SMILES string of the molecule is N#CCOc1ccc(CNc2ccc(C(N)=O)cc2)cc1. The van der Waals surface area contributed by atoms with Gasteiger partial charge >= 0.3 is 0 Å². The van der Waals surface area contributed by atoms with Gasteiger partial charge in [0.25, 0.3) is 0 Å². The van der Waals surface area contributed by atoms with Crippen LogP contribution in [-0.2, 0) is 6.54 Å². The Morgan fingerprint density at radius 1 is 1.14 bits per heavy atom. The van der Waals surface area contributed by atoms with E-state index in [1.165, 1.54) is 0 Å². The number of nitrogens with two attached hydrogens (primary N) is 1. The van der Waals surface area contributed by atoms with E-state index in [2.05, 4.69) is 5.32 Å². The maximum absolute atomic E-state index is 11.0. The number of hydrogen-bond acceptors (Lipinski definition) is 4. The summed E-state index contributed by atoms with van der Waals surface area (Å²) in [6.45, 7) is 0.693. The number of nitrogens with one attached hydrogen (secondary N) is 1. The predicted molar refractivity (Wildman–Crippen MR) is 79.8 cm³/mol. The van der Waals surface area contributed by atoms with Crippen LogP contribution in [0.5, 0.6) is 5.75 Å². The van der Waals surface area contributed by atoms with E-state index in [0.29, 0.717) is 17.9 Å². The van der Waals surface area contributed by atoms with Gasteiger partial charge in [-0.1, -0.05) is 12.1 Å². The van der Waals surface area contributed by atoms with E-state index >= 15 is 0 Å². The number of hydrogen-bond donors (Lipinski definition) is 2. The molecule has 3 N–H and O–H groups in total. The van der Waals surface area contributed by atoms with Crippen LogP contribution >= 0.6 is 0 Å². The number of nitriles is 1. The van der Waals surface area contributed by atoms with Gasteiger partial charge in [0.2, 0.25) is 5.91 Å². The van der Waals surface area contributed by atoms with Crippen LogP contribution in [0.2, 0.25) is 0 Å². The van der Waals surface area contributed by atoms with Crippen molar-refractivity contribution in [3.8, 4) is 11.8 Å². The Balaban J connectivity index is 1.90. The van der Waals surface area contributed by atoms with Gasteiger partial charge in [0.15, 0.2) is 6.61 Å². The number of amides is 1. The minimum Gasteiger partial charge on any atom is -0.479 e. The maximum atomic E-state index is 11.0. The Kier molecular flexibility index (Phi) is 4.78. The molecule has 0 fully saturated rings. The highest BCUT2D eigenvalue weighted by Gasteiger charge is 2.00. The molecule has 5 nitrogen and oxygen atoms in total. The first-order valence-electron chi connectivity index (χ1n) is 6.41. The Morgan fingerprint density at radius 3 is 2.38 bits per heavy atom. The molecule has 0 aliphatic rings. The molecule has 0 aromatic heterocycles. The molecule has 0 saturated heterocycles. The van der Waals surface area contributed by atoms with Gasteiger partial charge in [-0.2, -0.15) is 5.26 Å². The summed E-state index contributed by atoms with van der Waals surface area (Å²) in [5.74, 6) is 0.237. The lowest BCUT2D eigenvalue weighted by atomic mass is 10.2. The summed E-state index contributed by atoms with van der Waals surface area (Å²) in [5, 5.41) is 11.7. The van der Waals surface area contributed by atoms with Crippen molar-refractivity contribution in [3.05, 3.63) is 59.7 Å². The lowest BCUT2D eigenvalue weighted by Gasteiger charge is -2.08. The molecule has 2 aromatic carbocycles. The number of ether oxygens (including phenoxy) is 1. The third kappa shape index (κ3) is 4.25. The zero-order valence-electron chi connectivity index (χ0n) is 11.4. The van der Waals surface area contributed by atoms with Gasteiger partial charge in [0.1, 0.15) is 11.8 Å². The van der Waals surface area contributed by atoms with Gasteiger partial charge in [0.05, 0.1) is 0 Å². The Morgan fingerprint density at radius 2 is 1.81 bits per heavy atom. The van der Waals surface area contributed by atoms with E-state index in [0.717, 1.165) is 11.3 Å². The van der Waals surface area contributed by atoms with Crippen LogP contribution in [0.25, 0.3) is 0 Å². The average molecular weight is 281 g/mol. The number of anilines is 1. The van der Waals surface area contributed by atoms with Crippen molar-refractivity contribution in [1.82, 2.24) is 0 Å². The molecule has 0 heterocycles. The predicted octanol–water partition coefficient (Wildman–Crippen LogP) is 2.30. The number of benzene rings is 2. The van der Waals surface area contributed by atoms with Crippen LogP contribution in [0.15, 0.2) is 48.5 Å². The summed E-state index contributed by atoms with van der Waals surface area (Å²) in [4.78, 5) is 11.0. The van der Waals surface area contributed by atoms with Crippen LogP contribution in [0.4, 0.5) is 5.69 Å². The van der Waals surface area contributed by atoms with E-state index < -0.39 is 5.91 Å². The third-order valence-electron chi connectivity index (χ3n) is 2.89. The highest BCUT2D eigenvalue weighted by molar-refractivity contribution is 5.93. The van der Waals surface area contributed by atoms with Crippen LogP contribution in [-0.4, -0.2) is 12.5 Å². The second kappa shape index (κ2) is 6.96. The molecule has 0 bridgehead atoms. The summed E-state index contributed by atoms with van der Waals surface area (Å²) in [5.41, 5.74) is 7.66. The molecule has 0 radical (unpaired) electrons. The fourth-order valence-electron chi connectivity index (χ4n) is 1.78. The van der Waals surface area contributed by atoms with E-state index in [1.54, 1.807) is 12.1 Å². The highest BCUT2D eigenvalue weighted by Crippen LogP contribution is 2.14. The minimum absolute atomic E-state index is 0.0454. The van der Waals surface area contributed by atoms with Crippen molar-refractivity contribution in [2.75, 3.05) is 11.9 Å². The summed E-state index contributed by atoms with van der Waals surface area (Å²) in [7, 11) is 0. The molecule has 5 heteroatoms. The molecule has 2 aromatic rings. The van der Waals surface area contributed by atoms with Gasteiger partial charge in [-0.25, -0.2) is 0 Å². The van der Waals surface area contributed by atoms with Crippen molar-refractivity contribution < 1.29 is 9.53 Å². The van der Waals surface area contributed by atoms with Gasteiger partial charge in [-0.3, -0.25) is 4.79 Å². The number of nitrogens with zero attached hydrogens (tertiary/aromatic N) is 1. The minimum atomic E-state index is -0.436. The Hall–Kier alpha value is -3.00. The van der Waals surface area contributed by atoms with Crippen LogP contribution in [0, 0.1) is 11.3 Å². The summed E-state index contributed by atoms with van der Waals surface area (Å²) >= 11 is 0. The molecule has 0 unspecified atom stereocenters. The van der Waals surface area contributed by atoms with Crippen LogP contribution in [0.1, 0.15) is 15.9 Å². The molecule has 0 spiro atoms. The standard InChI is InChI=1S/C16H15N3O2/c17-9-10-21-15-7-1-12(2-8-15)11-19-14-5-3-13(4-6-14)16(18)20/h1-8,19H,10-11H2,(H2,18,20). The molecule has 0 atom stereocenters. The molecular weight excluding hydrogens is 266 g/mol. The van der Waals surface area contributed by atoms with Gasteiger partial charge in [-0.05, 0) is 42.0 Å². The largest absolute Gasteiger partial charge is 0.479 e. The highest BCUT2D eigenvalue weighted by atomic mass is 16.5. The zero-order chi connectivity index (χ0) is 15.1. The molecular formula is C16H15N3O2. The van der Waals surface area contributed by atoms with Gasteiger partial charge < -0.3 is 15.8 Å². The number of primary amides is 1. The normalized spacial score (nSPS) is 9.67. The third-order valence-corrected chi connectivity index (χ3v) is 2.89. The van der Waals surface area contributed by atoms with Gasteiger partial charge in [0, 0.05) is 17.8 Å². The first-order chi connectivity index (χ1) is 10.2. The van der Waals surface area contributed by atoms with Crippen molar-refractivity contribution >= 4 is 11.6 Å².